The third-order valence-electron chi connectivity index (χ3n) is 2.85. The molecule has 0 aliphatic rings. The number of hydrogen-bond donors (Lipinski definition) is 0. The summed E-state index contributed by atoms with van der Waals surface area (Å²) in [6.45, 7) is 2.71. The van der Waals surface area contributed by atoms with Gasteiger partial charge in [0.25, 0.3) is 5.91 Å². The Morgan fingerprint density at radius 2 is 2.05 bits per heavy atom. The summed E-state index contributed by atoms with van der Waals surface area (Å²) in [4.78, 5) is 15.4. The summed E-state index contributed by atoms with van der Waals surface area (Å²) in [5.74, 6) is 0.0148. The van der Waals surface area contributed by atoms with Crippen molar-refractivity contribution < 1.29 is 4.79 Å². The Kier molecular flexibility index (Phi) is 4.81. The first kappa shape index (κ1) is 14.8. The molecule has 1 aromatic carbocycles. The summed E-state index contributed by atoms with van der Waals surface area (Å²) in [5, 5.41) is 2.05. The lowest BCUT2D eigenvalue weighted by atomic mass is 10.2. The Balaban J connectivity index is 2.19. The molecule has 1 aromatic heterocycles. The van der Waals surface area contributed by atoms with Gasteiger partial charge in [0.05, 0.1) is 12.1 Å². The van der Waals surface area contributed by atoms with Gasteiger partial charge in [0.2, 0.25) is 0 Å². The highest BCUT2D eigenvalue weighted by molar-refractivity contribution is 9.11. The van der Waals surface area contributed by atoms with Crippen LogP contribution in [-0.4, -0.2) is 17.9 Å². The van der Waals surface area contributed by atoms with Crippen LogP contribution in [0.5, 0.6) is 0 Å². The van der Waals surface area contributed by atoms with Crippen LogP contribution < -0.4 is 0 Å². The van der Waals surface area contributed by atoms with E-state index in [1.54, 1.807) is 16.2 Å². The number of carbonyl (C=O) groups is 1. The van der Waals surface area contributed by atoms with Gasteiger partial charge in [-0.3, -0.25) is 4.79 Å². The number of benzene rings is 1. The predicted molar refractivity (Wildman–Crippen MR) is 86.7 cm³/mol. The van der Waals surface area contributed by atoms with Gasteiger partial charge in [-0.25, -0.2) is 0 Å². The quantitative estimate of drug-likeness (QED) is 0.718. The van der Waals surface area contributed by atoms with Crippen LogP contribution in [0.25, 0.3) is 0 Å². The molecule has 0 bridgehead atoms. The topological polar surface area (TPSA) is 20.3 Å². The van der Waals surface area contributed by atoms with Crippen molar-refractivity contribution in [1.82, 2.24) is 4.90 Å². The lowest BCUT2D eigenvalue weighted by molar-refractivity contribution is 0.0785. The van der Waals surface area contributed by atoms with Gasteiger partial charge < -0.3 is 4.90 Å². The molecular weight excluding hydrogens is 390 g/mol. The predicted octanol–water partition coefficient (Wildman–Crippen LogP) is 4.85. The summed E-state index contributed by atoms with van der Waals surface area (Å²) in [7, 11) is 1.83. The number of amides is 1. The van der Waals surface area contributed by atoms with E-state index in [-0.39, 0.29) is 5.91 Å². The molecule has 2 nitrogen and oxygen atoms in total. The zero-order valence-electron chi connectivity index (χ0n) is 10.6. The molecule has 0 unspecified atom stereocenters. The van der Waals surface area contributed by atoms with Crippen molar-refractivity contribution in [1.29, 1.82) is 0 Å². The minimum atomic E-state index is 0.0148. The molecule has 2 rings (SSSR count). The Bertz CT molecular complexity index is 609. The number of nitrogens with zero attached hydrogens (tertiary/aromatic N) is 1. The van der Waals surface area contributed by atoms with E-state index >= 15 is 0 Å². The maximum atomic E-state index is 12.4. The van der Waals surface area contributed by atoms with Gasteiger partial charge in [0.1, 0.15) is 0 Å². The normalized spacial score (nSPS) is 10.5. The van der Waals surface area contributed by atoms with Crippen molar-refractivity contribution >= 4 is 49.1 Å². The maximum absolute atomic E-state index is 12.4. The molecule has 0 fully saturated rings. The first-order valence-corrected chi connectivity index (χ1v) is 8.19. The number of rotatable bonds is 3. The molecule has 1 heterocycles. The third kappa shape index (κ3) is 3.46. The van der Waals surface area contributed by atoms with Crippen LogP contribution >= 0.6 is 43.2 Å². The molecule has 0 spiro atoms. The zero-order valence-corrected chi connectivity index (χ0v) is 14.6. The van der Waals surface area contributed by atoms with Crippen LogP contribution in [0.15, 0.2) is 38.6 Å². The Morgan fingerprint density at radius 1 is 1.32 bits per heavy atom. The monoisotopic (exact) mass is 401 g/mol. The molecule has 0 radical (unpaired) electrons. The molecule has 0 N–H and O–H groups in total. The van der Waals surface area contributed by atoms with E-state index in [1.165, 1.54) is 10.4 Å². The van der Waals surface area contributed by atoms with Gasteiger partial charge in [0.15, 0.2) is 0 Å². The zero-order chi connectivity index (χ0) is 14.0. The van der Waals surface area contributed by atoms with Crippen molar-refractivity contribution in [2.75, 3.05) is 7.05 Å². The second-order valence-electron chi connectivity index (χ2n) is 4.31. The fourth-order valence-electron chi connectivity index (χ4n) is 1.72. The highest BCUT2D eigenvalue weighted by atomic mass is 79.9. The van der Waals surface area contributed by atoms with E-state index in [9.17, 15) is 4.79 Å². The minimum Gasteiger partial charge on any atom is -0.337 e. The Morgan fingerprint density at radius 3 is 2.68 bits per heavy atom. The van der Waals surface area contributed by atoms with Crippen molar-refractivity contribution in [2.24, 2.45) is 0 Å². The average molecular weight is 403 g/mol. The fraction of sp³-hybridized carbons (Fsp3) is 0.214. The van der Waals surface area contributed by atoms with Gasteiger partial charge in [-0.15, -0.1) is 11.3 Å². The van der Waals surface area contributed by atoms with Crippen LogP contribution in [0.4, 0.5) is 0 Å². The summed E-state index contributed by atoms with van der Waals surface area (Å²) in [5.41, 5.74) is 1.91. The molecule has 100 valence electrons. The van der Waals surface area contributed by atoms with Crippen molar-refractivity contribution in [2.45, 2.75) is 13.5 Å². The van der Waals surface area contributed by atoms with E-state index in [1.807, 2.05) is 25.2 Å². The molecule has 0 saturated carbocycles. The van der Waals surface area contributed by atoms with Gasteiger partial charge in [0, 0.05) is 20.9 Å². The van der Waals surface area contributed by atoms with E-state index in [4.69, 9.17) is 0 Å². The first-order valence-electron chi connectivity index (χ1n) is 5.72. The Hall–Kier alpha value is -0.650. The number of aryl methyl sites for hydroxylation is 1. The SMILES string of the molecule is Cc1ccsc1CN(C)C(=O)c1cc(Br)ccc1Br. The van der Waals surface area contributed by atoms with Crippen LogP contribution in [0, 0.1) is 6.92 Å². The van der Waals surface area contributed by atoms with Crippen LogP contribution in [-0.2, 0) is 6.54 Å². The van der Waals surface area contributed by atoms with E-state index in [0.29, 0.717) is 12.1 Å². The van der Waals surface area contributed by atoms with Gasteiger partial charge in [-0.2, -0.15) is 0 Å². The van der Waals surface area contributed by atoms with E-state index < -0.39 is 0 Å². The summed E-state index contributed by atoms with van der Waals surface area (Å²) in [6, 6.07) is 7.70. The van der Waals surface area contributed by atoms with Gasteiger partial charge in [-0.1, -0.05) is 15.9 Å². The average Bonchev–Trinajstić information content (AvgIpc) is 2.77. The van der Waals surface area contributed by atoms with Crippen molar-refractivity contribution in [3.63, 3.8) is 0 Å². The Labute approximate surface area is 133 Å². The van der Waals surface area contributed by atoms with Gasteiger partial charge in [-0.05, 0) is 58.1 Å². The highest BCUT2D eigenvalue weighted by Crippen LogP contribution is 2.24. The number of carbonyl (C=O) groups excluding carboxylic acids is 1. The fourth-order valence-corrected chi connectivity index (χ4v) is 3.46. The molecule has 0 saturated heterocycles. The lowest BCUT2D eigenvalue weighted by Crippen LogP contribution is -2.26. The summed E-state index contributed by atoms with van der Waals surface area (Å²) >= 11 is 8.51. The standard InChI is InChI=1S/C14H13Br2NOS/c1-9-5-6-19-13(9)8-17(2)14(18)11-7-10(15)3-4-12(11)16/h3-7H,8H2,1-2H3. The molecular formula is C14H13Br2NOS. The van der Waals surface area contributed by atoms with Crippen molar-refractivity contribution in [3.8, 4) is 0 Å². The molecule has 1 amide bonds. The lowest BCUT2D eigenvalue weighted by Gasteiger charge is -2.18. The molecule has 0 aliphatic heterocycles. The largest absolute Gasteiger partial charge is 0.337 e. The number of halogens is 2. The van der Waals surface area contributed by atoms with Crippen LogP contribution in [0.1, 0.15) is 20.8 Å². The summed E-state index contributed by atoms with van der Waals surface area (Å²) in [6.07, 6.45) is 0. The third-order valence-corrected chi connectivity index (χ3v) is 5.05. The van der Waals surface area contributed by atoms with Crippen molar-refractivity contribution in [3.05, 3.63) is 54.6 Å². The first-order chi connectivity index (χ1) is 8.99. The van der Waals surface area contributed by atoms with Gasteiger partial charge >= 0.3 is 0 Å². The molecule has 19 heavy (non-hydrogen) atoms. The minimum absolute atomic E-state index is 0.0148. The smallest absolute Gasteiger partial charge is 0.255 e. The van der Waals surface area contributed by atoms with E-state index in [0.717, 1.165) is 8.95 Å². The highest BCUT2D eigenvalue weighted by Gasteiger charge is 2.16. The van der Waals surface area contributed by atoms with E-state index in [2.05, 4.69) is 50.2 Å². The number of hydrogen-bond acceptors (Lipinski definition) is 2. The molecule has 2 aromatic rings. The molecule has 5 heteroatoms. The second-order valence-corrected chi connectivity index (χ2v) is 7.08. The van der Waals surface area contributed by atoms with Crippen LogP contribution in [0.2, 0.25) is 0 Å². The van der Waals surface area contributed by atoms with Crippen LogP contribution in [0.3, 0.4) is 0 Å². The molecule has 0 aliphatic carbocycles. The maximum Gasteiger partial charge on any atom is 0.255 e. The number of thiophene rings is 1. The molecule has 0 atom stereocenters. The summed E-state index contributed by atoms with van der Waals surface area (Å²) < 4.78 is 1.72. The second kappa shape index (κ2) is 6.20.